The van der Waals surface area contributed by atoms with E-state index in [0.717, 1.165) is 18.0 Å². The topological polar surface area (TPSA) is 88.5 Å². The first-order valence-corrected chi connectivity index (χ1v) is 11.5. The van der Waals surface area contributed by atoms with Crippen LogP contribution in [0.1, 0.15) is 16.5 Å². The summed E-state index contributed by atoms with van der Waals surface area (Å²) in [5, 5.41) is 13.1. The Balaban J connectivity index is 1.50. The molecule has 168 valence electrons. The van der Waals surface area contributed by atoms with Crippen molar-refractivity contribution >= 4 is 28.8 Å². The molecule has 8 nitrogen and oxygen atoms in total. The van der Waals surface area contributed by atoms with E-state index in [9.17, 15) is 14.7 Å². The summed E-state index contributed by atoms with van der Waals surface area (Å²) in [6, 6.07) is 8.18. The molecule has 1 atom stereocenters. The maximum Gasteiger partial charge on any atom is 0.295 e. The number of likely N-dealkylation sites (tertiary alicyclic amines) is 1. The van der Waals surface area contributed by atoms with E-state index in [0.29, 0.717) is 56.6 Å². The zero-order valence-electron chi connectivity index (χ0n) is 17.5. The van der Waals surface area contributed by atoms with E-state index in [4.69, 9.17) is 14.2 Å². The number of aliphatic hydroxyl groups excluding tert-OH is 1. The van der Waals surface area contributed by atoms with E-state index in [-0.39, 0.29) is 11.3 Å². The van der Waals surface area contributed by atoms with Crippen LogP contribution < -0.4 is 9.47 Å². The van der Waals surface area contributed by atoms with Crippen molar-refractivity contribution in [3.63, 3.8) is 0 Å². The van der Waals surface area contributed by atoms with Gasteiger partial charge in [0.05, 0.1) is 24.8 Å². The third-order valence-corrected chi connectivity index (χ3v) is 6.85. The fraction of sp³-hybridized carbons (Fsp3) is 0.391. The average molecular weight is 457 g/mol. The van der Waals surface area contributed by atoms with Crippen LogP contribution >= 0.6 is 11.3 Å². The molecule has 0 bridgehead atoms. The largest absolute Gasteiger partial charge is 0.507 e. The number of rotatable bonds is 5. The fourth-order valence-corrected chi connectivity index (χ4v) is 5.12. The lowest BCUT2D eigenvalue weighted by Crippen LogP contribution is -2.42. The zero-order valence-corrected chi connectivity index (χ0v) is 18.3. The standard InChI is InChI=1S/C23H24N2O6S/c26-21(15-3-4-16-17(14-15)31-12-11-30-16)19-20(18-2-1-13-32-18)25(23(28)22(19)27)6-5-24-7-9-29-10-8-24/h1-4,13-14,20,26H,5-12H2/t20-/m1/s1. The van der Waals surface area contributed by atoms with Crippen molar-refractivity contribution in [2.45, 2.75) is 6.04 Å². The number of benzene rings is 1. The van der Waals surface area contributed by atoms with Gasteiger partial charge in [-0.3, -0.25) is 14.5 Å². The molecule has 0 saturated carbocycles. The van der Waals surface area contributed by atoms with E-state index in [1.807, 2.05) is 17.5 Å². The lowest BCUT2D eigenvalue weighted by molar-refractivity contribution is -0.140. The number of Topliss-reactive ketones (excluding diaryl/α,β-unsaturated/α-hetero) is 1. The van der Waals surface area contributed by atoms with Crippen molar-refractivity contribution in [3.05, 3.63) is 51.7 Å². The van der Waals surface area contributed by atoms with Crippen molar-refractivity contribution in [2.24, 2.45) is 0 Å². The molecular formula is C23H24N2O6S. The van der Waals surface area contributed by atoms with Crippen LogP contribution in [0.2, 0.25) is 0 Å². The van der Waals surface area contributed by atoms with E-state index in [1.54, 1.807) is 23.1 Å². The van der Waals surface area contributed by atoms with Gasteiger partial charge in [0.15, 0.2) is 11.5 Å². The van der Waals surface area contributed by atoms with E-state index >= 15 is 0 Å². The minimum Gasteiger partial charge on any atom is -0.507 e. The van der Waals surface area contributed by atoms with Gasteiger partial charge in [0, 0.05) is 36.6 Å². The Kier molecular flexibility index (Phi) is 5.86. The van der Waals surface area contributed by atoms with Crippen LogP contribution in [0.3, 0.4) is 0 Å². The molecule has 1 aromatic carbocycles. The molecule has 0 aliphatic carbocycles. The highest BCUT2D eigenvalue weighted by molar-refractivity contribution is 7.10. The number of thiophene rings is 1. The van der Waals surface area contributed by atoms with Gasteiger partial charge in [-0.05, 0) is 29.6 Å². The van der Waals surface area contributed by atoms with E-state index in [1.165, 1.54) is 11.3 Å². The quantitative estimate of drug-likeness (QED) is 0.420. The highest BCUT2D eigenvalue weighted by atomic mass is 32.1. The van der Waals surface area contributed by atoms with Crippen LogP contribution in [0.15, 0.2) is 41.3 Å². The first-order chi connectivity index (χ1) is 15.6. The summed E-state index contributed by atoms with van der Waals surface area (Å²) in [5.74, 6) is -0.357. The van der Waals surface area contributed by atoms with Gasteiger partial charge in [0.2, 0.25) is 0 Å². The number of nitrogens with zero attached hydrogens (tertiary/aromatic N) is 2. The minimum atomic E-state index is -0.669. The molecule has 1 N–H and O–H groups in total. The number of ether oxygens (including phenoxy) is 3. The number of carbonyl (C=O) groups excluding carboxylic acids is 2. The van der Waals surface area contributed by atoms with Gasteiger partial charge in [-0.2, -0.15) is 0 Å². The first-order valence-electron chi connectivity index (χ1n) is 10.7. The molecule has 5 rings (SSSR count). The third-order valence-electron chi connectivity index (χ3n) is 5.93. The Morgan fingerprint density at radius 3 is 2.56 bits per heavy atom. The summed E-state index contributed by atoms with van der Waals surface area (Å²) in [5.41, 5.74) is 0.526. The summed E-state index contributed by atoms with van der Waals surface area (Å²) in [6.07, 6.45) is 0. The molecule has 3 aliphatic heterocycles. The molecule has 0 radical (unpaired) electrons. The normalized spacial score (nSPS) is 23.0. The Hall–Kier alpha value is -2.88. The number of ketones is 1. The van der Waals surface area contributed by atoms with Crippen LogP contribution in [0, 0.1) is 0 Å². The molecule has 2 fully saturated rings. The van der Waals surface area contributed by atoms with Crippen LogP contribution in [0.25, 0.3) is 5.76 Å². The van der Waals surface area contributed by atoms with Gasteiger partial charge in [0.1, 0.15) is 19.0 Å². The number of morpholine rings is 1. The third kappa shape index (κ3) is 3.87. The zero-order chi connectivity index (χ0) is 22.1. The molecule has 2 aromatic rings. The Morgan fingerprint density at radius 1 is 1.03 bits per heavy atom. The molecule has 4 heterocycles. The maximum atomic E-state index is 13.1. The smallest absolute Gasteiger partial charge is 0.295 e. The van der Waals surface area contributed by atoms with Crippen molar-refractivity contribution < 1.29 is 28.9 Å². The van der Waals surface area contributed by atoms with Crippen molar-refractivity contribution in [1.82, 2.24) is 9.80 Å². The first kappa shape index (κ1) is 21.0. The molecule has 1 aromatic heterocycles. The average Bonchev–Trinajstić information content (AvgIpc) is 3.45. The van der Waals surface area contributed by atoms with E-state index < -0.39 is 17.7 Å². The van der Waals surface area contributed by atoms with Gasteiger partial charge >= 0.3 is 0 Å². The van der Waals surface area contributed by atoms with Crippen LogP contribution in [0.5, 0.6) is 11.5 Å². The molecule has 9 heteroatoms. The summed E-state index contributed by atoms with van der Waals surface area (Å²) < 4.78 is 16.6. The SMILES string of the molecule is O=C1C(=O)N(CCN2CCOCC2)[C@H](c2cccs2)C1=C(O)c1ccc2c(c1)OCCO2. The summed E-state index contributed by atoms with van der Waals surface area (Å²) in [7, 11) is 0. The lowest BCUT2D eigenvalue weighted by Gasteiger charge is -2.30. The fourth-order valence-electron chi connectivity index (χ4n) is 4.27. The Labute approximate surface area is 189 Å². The molecule has 3 aliphatic rings. The highest BCUT2D eigenvalue weighted by Crippen LogP contribution is 2.42. The number of amides is 1. The van der Waals surface area contributed by atoms with Crippen molar-refractivity contribution in [2.75, 3.05) is 52.6 Å². The number of carbonyl (C=O) groups is 2. The Morgan fingerprint density at radius 2 is 1.81 bits per heavy atom. The molecule has 0 unspecified atom stereocenters. The summed E-state index contributed by atoms with van der Waals surface area (Å²) in [4.78, 5) is 30.7. The Bertz CT molecular complexity index is 1040. The van der Waals surface area contributed by atoms with Gasteiger partial charge in [-0.15, -0.1) is 11.3 Å². The van der Waals surface area contributed by atoms with Crippen LogP contribution in [-0.4, -0.2) is 79.2 Å². The number of aliphatic hydroxyl groups is 1. The molecule has 32 heavy (non-hydrogen) atoms. The molecule has 1 amide bonds. The monoisotopic (exact) mass is 456 g/mol. The predicted octanol–water partition coefficient (Wildman–Crippen LogP) is 2.27. The van der Waals surface area contributed by atoms with Crippen molar-refractivity contribution in [1.29, 1.82) is 0 Å². The second kappa shape index (κ2) is 8.93. The maximum absolute atomic E-state index is 13.1. The molecular weight excluding hydrogens is 432 g/mol. The highest BCUT2D eigenvalue weighted by Gasteiger charge is 2.46. The van der Waals surface area contributed by atoms with Gasteiger partial charge in [-0.25, -0.2) is 0 Å². The second-order valence-corrected chi connectivity index (χ2v) is 8.80. The van der Waals surface area contributed by atoms with Crippen LogP contribution in [-0.2, 0) is 14.3 Å². The molecule has 2 saturated heterocycles. The van der Waals surface area contributed by atoms with Gasteiger partial charge in [0.25, 0.3) is 11.7 Å². The minimum absolute atomic E-state index is 0.108. The molecule has 0 spiro atoms. The van der Waals surface area contributed by atoms with E-state index in [2.05, 4.69) is 4.90 Å². The number of hydrogen-bond donors (Lipinski definition) is 1. The van der Waals surface area contributed by atoms with Crippen LogP contribution in [0.4, 0.5) is 0 Å². The van der Waals surface area contributed by atoms with Gasteiger partial charge in [-0.1, -0.05) is 6.07 Å². The number of hydrogen-bond acceptors (Lipinski definition) is 8. The predicted molar refractivity (Wildman–Crippen MR) is 118 cm³/mol. The lowest BCUT2D eigenvalue weighted by atomic mass is 9.99. The second-order valence-electron chi connectivity index (χ2n) is 7.82. The number of fused-ring (bicyclic) bond motifs is 1. The van der Waals surface area contributed by atoms with Gasteiger partial charge < -0.3 is 24.2 Å². The van der Waals surface area contributed by atoms with Crippen molar-refractivity contribution in [3.8, 4) is 11.5 Å². The summed E-state index contributed by atoms with van der Waals surface area (Å²) in [6.45, 7) is 4.83. The summed E-state index contributed by atoms with van der Waals surface area (Å²) >= 11 is 1.46.